The molecule has 0 aliphatic carbocycles. The third kappa shape index (κ3) is 2.26. The molecule has 0 aliphatic heterocycles. The molecule has 0 unspecified atom stereocenters. The van der Waals surface area contributed by atoms with Crippen LogP contribution in [0.1, 0.15) is 45.1 Å². The van der Waals surface area contributed by atoms with Gasteiger partial charge in [-0.2, -0.15) is 0 Å². The second-order valence-corrected chi connectivity index (χ2v) is 5.11. The number of hydrogen-bond donors (Lipinski definition) is 0. The minimum atomic E-state index is 0.348. The number of aromatic nitrogens is 1. The molecule has 86 valence electrons. The summed E-state index contributed by atoms with van der Waals surface area (Å²) >= 11 is 0. The first-order chi connectivity index (χ1) is 7.56. The van der Waals surface area contributed by atoms with Crippen LogP contribution in [-0.2, 0) is 6.42 Å². The van der Waals surface area contributed by atoms with Gasteiger partial charge < -0.3 is 4.42 Å². The minimum Gasteiger partial charge on any atom is -0.440 e. The zero-order valence-electron chi connectivity index (χ0n) is 10.4. The molecule has 0 amide bonds. The fraction of sp³-hybridized carbons (Fsp3) is 0.500. The second-order valence-electron chi connectivity index (χ2n) is 5.11. The SMILES string of the molecule is CC(C)Cc1ccc2oc(C(C)C)nc2c1. The molecule has 0 fully saturated rings. The zero-order chi connectivity index (χ0) is 11.7. The predicted octanol–water partition coefficient (Wildman–Crippen LogP) is 4.15. The number of rotatable bonds is 3. The van der Waals surface area contributed by atoms with E-state index in [0.29, 0.717) is 11.8 Å². The monoisotopic (exact) mass is 217 g/mol. The molecule has 0 atom stereocenters. The summed E-state index contributed by atoms with van der Waals surface area (Å²) < 4.78 is 5.68. The van der Waals surface area contributed by atoms with E-state index in [1.807, 2.05) is 6.07 Å². The van der Waals surface area contributed by atoms with Gasteiger partial charge in [-0.3, -0.25) is 0 Å². The molecule has 0 spiro atoms. The smallest absolute Gasteiger partial charge is 0.198 e. The highest BCUT2D eigenvalue weighted by Gasteiger charge is 2.09. The summed E-state index contributed by atoms with van der Waals surface area (Å²) in [6.07, 6.45) is 1.10. The van der Waals surface area contributed by atoms with Crippen LogP contribution in [0, 0.1) is 5.92 Å². The van der Waals surface area contributed by atoms with Gasteiger partial charge in [-0.15, -0.1) is 0 Å². The number of benzene rings is 1. The maximum absolute atomic E-state index is 5.68. The summed E-state index contributed by atoms with van der Waals surface area (Å²) in [5.41, 5.74) is 3.23. The molecule has 0 radical (unpaired) electrons. The van der Waals surface area contributed by atoms with Gasteiger partial charge in [-0.1, -0.05) is 33.8 Å². The van der Waals surface area contributed by atoms with Gasteiger partial charge in [0.05, 0.1) is 0 Å². The van der Waals surface area contributed by atoms with Gasteiger partial charge in [0.2, 0.25) is 0 Å². The van der Waals surface area contributed by atoms with E-state index in [1.165, 1.54) is 5.56 Å². The van der Waals surface area contributed by atoms with Crippen LogP contribution >= 0.6 is 0 Å². The minimum absolute atomic E-state index is 0.348. The number of hydrogen-bond acceptors (Lipinski definition) is 2. The van der Waals surface area contributed by atoms with Crippen molar-refractivity contribution in [3.63, 3.8) is 0 Å². The van der Waals surface area contributed by atoms with E-state index in [-0.39, 0.29) is 0 Å². The van der Waals surface area contributed by atoms with Crippen molar-refractivity contribution in [2.45, 2.75) is 40.0 Å². The van der Waals surface area contributed by atoms with Crippen molar-refractivity contribution in [1.29, 1.82) is 0 Å². The molecule has 1 aromatic carbocycles. The van der Waals surface area contributed by atoms with Gasteiger partial charge in [0, 0.05) is 5.92 Å². The van der Waals surface area contributed by atoms with E-state index in [0.717, 1.165) is 23.4 Å². The van der Waals surface area contributed by atoms with Crippen LogP contribution in [-0.4, -0.2) is 4.98 Å². The quantitative estimate of drug-likeness (QED) is 0.772. The van der Waals surface area contributed by atoms with Crippen LogP contribution in [0.15, 0.2) is 22.6 Å². The summed E-state index contributed by atoms with van der Waals surface area (Å²) in [6.45, 7) is 8.65. The van der Waals surface area contributed by atoms with E-state index < -0.39 is 0 Å². The molecule has 2 nitrogen and oxygen atoms in total. The first-order valence-electron chi connectivity index (χ1n) is 5.95. The lowest BCUT2D eigenvalue weighted by Gasteiger charge is -2.03. The van der Waals surface area contributed by atoms with Crippen molar-refractivity contribution in [2.24, 2.45) is 5.92 Å². The number of fused-ring (bicyclic) bond motifs is 1. The lowest BCUT2D eigenvalue weighted by atomic mass is 10.0. The fourth-order valence-corrected chi connectivity index (χ4v) is 1.84. The fourth-order valence-electron chi connectivity index (χ4n) is 1.84. The Morgan fingerprint density at radius 3 is 2.56 bits per heavy atom. The average molecular weight is 217 g/mol. The number of nitrogens with zero attached hydrogens (tertiary/aromatic N) is 1. The van der Waals surface area contributed by atoms with Crippen LogP contribution in [0.3, 0.4) is 0 Å². The lowest BCUT2D eigenvalue weighted by Crippen LogP contribution is -1.93. The molecule has 1 heterocycles. The molecule has 16 heavy (non-hydrogen) atoms. The molecule has 0 saturated heterocycles. The van der Waals surface area contributed by atoms with Crippen LogP contribution in [0.5, 0.6) is 0 Å². The molecule has 2 aromatic rings. The molecule has 0 aliphatic rings. The molecular formula is C14H19NO. The van der Waals surface area contributed by atoms with Gasteiger partial charge in [0.1, 0.15) is 5.52 Å². The highest BCUT2D eigenvalue weighted by molar-refractivity contribution is 5.73. The highest BCUT2D eigenvalue weighted by atomic mass is 16.3. The van der Waals surface area contributed by atoms with E-state index in [9.17, 15) is 0 Å². The maximum Gasteiger partial charge on any atom is 0.198 e. The van der Waals surface area contributed by atoms with Crippen LogP contribution < -0.4 is 0 Å². The second kappa shape index (κ2) is 4.28. The lowest BCUT2D eigenvalue weighted by molar-refractivity contribution is 0.501. The van der Waals surface area contributed by atoms with Gasteiger partial charge in [0.25, 0.3) is 0 Å². The Hall–Kier alpha value is -1.31. The Bertz CT molecular complexity index is 482. The van der Waals surface area contributed by atoms with Crippen LogP contribution in [0.25, 0.3) is 11.1 Å². The normalized spacial score (nSPS) is 11.9. The van der Waals surface area contributed by atoms with Gasteiger partial charge >= 0.3 is 0 Å². The predicted molar refractivity (Wildman–Crippen MR) is 66.6 cm³/mol. The average Bonchev–Trinajstić information content (AvgIpc) is 2.59. The maximum atomic E-state index is 5.68. The van der Waals surface area contributed by atoms with Crippen molar-refractivity contribution in [3.05, 3.63) is 29.7 Å². The summed E-state index contributed by atoms with van der Waals surface area (Å²) in [7, 11) is 0. The van der Waals surface area contributed by atoms with E-state index in [1.54, 1.807) is 0 Å². The van der Waals surface area contributed by atoms with Gasteiger partial charge in [0.15, 0.2) is 11.5 Å². The topological polar surface area (TPSA) is 26.0 Å². The van der Waals surface area contributed by atoms with Crippen molar-refractivity contribution >= 4 is 11.1 Å². The van der Waals surface area contributed by atoms with Crippen molar-refractivity contribution in [3.8, 4) is 0 Å². The third-order valence-electron chi connectivity index (χ3n) is 2.61. The van der Waals surface area contributed by atoms with Gasteiger partial charge in [-0.05, 0) is 30.0 Å². The Morgan fingerprint density at radius 2 is 1.94 bits per heavy atom. The summed E-state index contributed by atoms with van der Waals surface area (Å²) in [5.74, 6) is 1.85. The highest BCUT2D eigenvalue weighted by Crippen LogP contribution is 2.22. The molecular weight excluding hydrogens is 198 g/mol. The molecule has 1 aromatic heterocycles. The van der Waals surface area contributed by atoms with E-state index >= 15 is 0 Å². The first-order valence-corrected chi connectivity index (χ1v) is 5.95. The van der Waals surface area contributed by atoms with E-state index in [4.69, 9.17) is 4.42 Å². The Labute approximate surface area is 96.7 Å². The molecule has 0 bridgehead atoms. The van der Waals surface area contributed by atoms with Gasteiger partial charge in [-0.25, -0.2) is 4.98 Å². The Kier molecular flexibility index (Phi) is 2.99. The molecule has 0 N–H and O–H groups in total. The first kappa shape index (κ1) is 11.2. The molecule has 0 saturated carbocycles. The molecule has 2 heteroatoms. The van der Waals surface area contributed by atoms with Crippen LogP contribution in [0.4, 0.5) is 0 Å². The Balaban J connectivity index is 2.38. The van der Waals surface area contributed by atoms with Crippen molar-refractivity contribution in [2.75, 3.05) is 0 Å². The zero-order valence-corrected chi connectivity index (χ0v) is 10.4. The number of oxazole rings is 1. The summed E-state index contributed by atoms with van der Waals surface area (Å²) in [4.78, 5) is 4.51. The van der Waals surface area contributed by atoms with Crippen molar-refractivity contribution < 1.29 is 4.42 Å². The third-order valence-corrected chi connectivity index (χ3v) is 2.61. The van der Waals surface area contributed by atoms with Crippen LogP contribution in [0.2, 0.25) is 0 Å². The largest absolute Gasteiger partial charge is 0.440 e. The van der Waals surface area contributed by atoms with E-state index in [2.05, 4.69) is 44.8 Å². The summed E-state index contributed by atoms with van der Waals surface area (Å²) in [5, 5.41) is 0. The standard InChI is InChI=1S/C14H19NO/c1-9(2)7-11-5-6-13-12(8-11)15-14(16-13)10(3)4/h5-6,8-10H,7H2,1-4H3. The summed E-state index contributed by atoms with van der Waals surface area (Å²) in [6, 6.07) is 6.31. The van der Waals surface area contributed by atoms with Crippen molar-refractivity contribution in [1.82, 2.24) is 4.98 Å². The Morgan fingerprint density at radius 1 is 1.19 bits per heavy atom. The molecule has 2 rings (SSSR count).